The summed E-state index contributed by atoms with van der Waals surface area (Å²) in [7, 11) is 0. The fraction of sp³-hybridized carbons (Fsp3) is 0.300. The summed E-state index contributed by atoms with van der Waals surface area (Å²) in [5, 5.41) is 2.97. The quantitative estimate of drug-likeness (QED) is 0.542. The Balaban J connectivity index is 2.20. The molecule has 0 fully saturated rings. The third-order valence-corrected chi connectivity index (χ3v) is 4.22. The predicted molar refractivity (Wildman–Crippen MR) is 99.0 cm³/mol. The molecule has 4 nitrogen and oxygen atoms in total. The first-order valence-corrected chi connectivity index (χ1v) is 8.87. The van der Waals surface area contributed by atoms with Crippen LogP contribution in [0.2, 0.25) is 5.02 Å². The van der Waals surface area contributed by atoms with E-state index in [4.69, 9.17) is 16.3 Å². The number of halogens is 4. The summed E-state index contributed by atoms with van der Waals surface area (Å²) in [4.78, 5) is 23.4. The molecule has 0 radical (unpaired) electrons. The standard InChI is InChI=1S/C20H19ClF3NO3/c1-13(26)25-9-10-28-19(27)18(15-5-7-17(21)8-6-15)12-14-3-2-4-16(11-14)20(22,23)24/h2-8,11,18H,9-10,12H2,1H3,(H,25,26). The number of benzene rings is 2. The SMILES string of the molecule is CC(=O)NCCOC(=O)C(Cc1cccc(C(F)(F)F)c1)c1ccc(Cl)cc1. The molecule has 1 N–H and O–H groups in total. The summed E-state index contributed by atoms with van der Waals surface area (Å²) in [5.74, 6) is -1.66. The highest BCUT2D eigenvalue weighted by Gasteiger charge is 2.31. The third kappa shape index (κ3) is 6.56. The molecule has 150 valence electrons. The summed E-state index contributed by atoms with van der Waals surface area (Å²) in [5.41, 5.74) is 0.152. The van der Waals surface area contributed by atoms with Gasteiger partial charge < -0.3 is 10.1 Å². The monoisotopic (exact) mass is 413 g/mol. The number of alkyl halides is 3. The average molecular weight is 414 g/mol. The first kappa shape index (κ1) is 21.8. The van der Waals surface area contributed by atoms with Crippen LogP contribution in [0, 0.1) is 0 Å². The molecule has 0 saturated heterocycles. The van der Waals surface area contributed by atoms with Crippen molar-refractivity contribution in [1.29, 1.82) is 0 Å². The number of carbonyl (C=O) groups is 2. The van der Waals surface area contributed by atoms with Crippen molar-refractivity contribution in [2.24, 2.45) is 0 Å². The fourth-order valence-electron chi connectivity index (χ4n) is 2.62. The van der Waals surface area contributed by atoms with Crippen molar-refractivity contribution < 1.29 is 27.5 Å². The van der Waals surface area contributed by atoms with Gasteiger partial charge >= 0.3 is 12.1 Å². The summed E-state index contributed by atoms with van der Waals surface area (Å²) >= 11 is 5.88. The van der Waals surface area contributed by atoms with Crippen LogP contribution in [0.25, 0.3) is 0 Å². The molecule has 1 atom stereocenters. The minimum absolute atomic E-state index is 0.0323. The van der Waals surface area contributed by atoms with E-state index in [9.17, 15) is 22.8 Å². The molecule has 0 aliphatic heterocycles. The summed E-state index contributed by atoms with van der Waals surface area (Å²) in [6, 6.07) is 11.3. The van der Waals surface area contributed by atoms with E-state index in [1.54, 1.807) is 24.3 Å². The van der Waals surface area contributed by atoms with Gasteiger partial charge in [-0.15, -0.1) is 0 Å². The molecule has 1 amide bonds. The topological polar surface area (TPSA) is 55.4 Å². The van der Waals surface area contributed by atoms with Crippen molar-refractivity contribution in [3.63, 3.8) is 0 Å². The van der Waals surface area contributed by atoms with Crippen molar-refractivity contribution in [3.05, 3.63) is 70.2 Å². The Hall–Kier alpha value is -2.54. The molecule has 0 aliphatic carbocycles. The number of hydrogen-bond donors (Lipinski definition) is 1. The number of carbonyl (C=O) groups excluding carboxylic acids is 2. The van der Waals surface area contributed by atoms with Crippen LogP contribution >= 0.6 is 11.6 Å². The maximum absolute atomic E-state index is 13.0. The second-order valence-corrected chi connectivity index (χ2v) is 6.59. The second kappa shape index (κ2) is 9.59. The van der Waals surface area contributed by atoms with Gasteiger partial charge in [0, 0.05) is 11.9 Å². The Kier molecular flexibility index (Phi) is 7.45. The molecule has 0 heterocycles. The highest BCUT2D eigenvalue weighted by Crippen LogP contribution is 2.31. The maximum Gasteiger partial charge on any atom is 0.416 e. The van der Waals surface area contributed by atoms with Crippen LogP contribution < -0.4 is 5.32 Å². The van der Waals surface area contributed by atoms with Gasteiger partial charge in [0.25, 0.3) is 0 Å². The van der Waals surface area contributed by atoms with Crippen molar-refractivity contribution in [1.82, 2.24) is 5.32 Å². The predicted octanol–water partition coefficient (Wildman–Crippen LogP) is 4.36. The van der Waals surface area contributed by atoms with E-state index in [0.717, 1.165) is 12.1 Å². The first-order chi connectivity index (χ1) is 13.2. The van der Waals surface area contributed by atoms with Crippen LogP contribution in [0.4, 0.5) is 13.2 Å². The van der Waals surface area contributed by atoms with Crippen LogP contribution in [-0.2, 0) is 26.9 Å². The number of nitrogens with one attached hydrogen (secondary N) is 1. The molecule has 2 aromatic carbocycles. The molecule has 1 unspecified atom stereocenters. The van der Waals surface area contributed by atoms with Crippen LogP contribution in [0.1, 0.15) is 29.5 Å². The smallest absolute Gasteiger partial charge is 0.416 e. The van der Waals surface area contributed by atoms with Gasteiger partial charge in [-0.05, 0) is 35.7 Å². The van der Waals surface area contributed by atoms with E-state index in [0.29, 0.717) is 16.1 Å². The van der Waals surface area contributed by atoms with E-state index in [-0.39, 0.29) is 25.5 Å². The summed E-state index contributed by atoms with van der Waals surface area (Å²) in [6.45, 7) is 1.45. The molecule has 0 bridgehead atoms. The number of amides is 1. The Morgan fingerprint density at radius 1 is 1.14 bits per heavy atom. The molecular weight excluding hydrogens is 395 g/mol. The van der Waals surface area contributed by atoms with E-state index in [1.807, 2.05) is 0 Å². The maximum atomic E-state index is 13.0. The Labute approximate surface area is 165 Å². The zero-order valence-corrected chi connectivity index (χ0v) is 15.8. The highest BCUT2D eigenvalue weighted by atomic mass is 35.5. The molecule has 0 aliphatic rings. The van der Waals surface area contributed by atoms with Gasteiger partial charge in [-0.3, -0.25) is 9.59 Å². The highest BCUT2D eigenvalue weighted by molar-refractivity contribution is 6.30. The molecule has 0 aromatic heterocycles. The van der Waals surface area contributed by atoms with Crippen molar-refractivity contribution in [2.45, 2.75) is 25.4 Å². The van der Waals surface area contributed by atoms with Crippen molar-refractivity contribution >= 4 is 23.5 Å². The Bertz CT molecular complexity index is 822. The van der Waals surface area contributed by atoms with Gasteiger partial charge in [-0.25, -0.2) is 0 Å². The third-order valence-electron chi connectivity index (χ3n) is 3.97. The molecule has 2 aromatic rings. The van der Waals surface area contributed by atoms with E-state index in [1.165, 1.54) is 19.1 Å². The zero-order chi connectivity index (χ0) is 20.7. The molecule has 28 heavy (non-hydrogen) atoms. The van der Waals surface area contributed by atoms with Crippen LogP contribution in [0.5, 0.6) is 0 Å². The van der Waals surface area contributed by atoms with Crippen molar-refractivity contribution in [2.75, 3.05) is 13.2 Å². The van der Waals surface area contributed by atoms with Crippen LogP contribution in [0.15, 0.2) is 48.5 Å². The number of ether oxygens (including phenoxy) is 1. The second-order valence-electron chi connectivity index (χ2n) is 6.16. The van der Waals surface area contributed by atoms with Gasteiger partial charge in [-0.2, -0.15) is 13.2 Å². The normalized spacial score (nSPS) is 12.3. The summed E-state index contributed by atoms with van der Waals surface area (Å²) in [6.07, 6.45) is -4.44. The first-order valence-electron chi connectivity index (χ1n) is 8.49. The van der Waals surface area contributed by atoms with Crippen molar-refractivity contribution in [3.8, 4) is 0 Å². The van der Waals surface area contributed by atoms with Gasteiger partial charge in [0.15, 0.2) is 0 Å². The number of rotatable bonds is 7. The van der Waals surface area contributed by atoms with Crippen LogP contribution in [0.3, 0.4) is 0 Å². The molecule has 0 spiro atoms. The van der Waals surface area contributed by atoms with Gasteiger partial charge in [0.2, 0.25) is 5.91 Å². The van der Waals surface area contributed by atoms with E-state index < -0.39 is 23.6 Å². The minimum atomic E-state index is -4.47. The Morgan fingerprint density at radius 3 is 2.43 bits per heavy atom. The number of esters is 1. The lowest BCUT2D eigenvalue weighted by Gasteiger charge is -2.18. The molecule has 2 rings (SSSR count). The molecule has 8 heteroatoms. The van der Waals surface area contributed by atoms with E-state index in [2.05, 4.69) is 5.32 Å². The average Bonchev–Trinajstić information content (AvgIpc) is 2.63. The molecule has 0 saturated carbocycles. The lowest BCUT2D eigenvalue weighted by atomic mass is 9.91. The van der Waals surface area contributed by atoms with Gasteiger partial charge in [0.05, 0.1) is 18.0 Å². The molecular formula is C20H19ClF3NO3. The van der Waals surface area contributed by atoms with Crippen LogP contribution in [-0.4, -0.2) is 25.0 Å². The fourth-order valence-corrected chi connectivity index (χ4v) is 2.75. The van der Waals surface area contributed by atoms with E-state index >= 15 is 0 Å². The van der Waals surface area contributed by atoms with Gasteiger partial charge in [0.1, 0.15) is 6.61 Å². The summed E-state index contributed by atoms with van der Waals surface area (Å²) < 4.78 is 44.1. The number of hydrogen-bond acceptors (Lipinski definition) is 3. The zero-order valence-electron chi connectivity index (χ0n) is 15.1. The Morgan fingerprint density at radius 2 is 1.82 bits per heavy atom. The lowest BCUT2D eigenvalue weighted by molar-refractivity contribution is -0.145. The lowest BCUT2D eigenvalue weighted by Crippen LogP contribution is -2.27. The van der Waals surface area contributed by atoms with Gasteiger partial charge in [-0.1, -0.05) is 41.9 Å². The largest absolute Gasteiger partial charge is 0.463 e. The minimum Gasteiger partial charge on any atom is -0.463 e.